The van der Waals surface area contributed by atoms with Gasteiger partial charge in [0.1, 0.15) is 0 Å². The third-order valence-corrected chi connectivity index (χ3v) is 3.08. The van der Waals surface area contributed by atoms with Gasteiger partial charge in [0.25, 0.3) is 0 Å². The SMILES string of the molecule is CCCC(C)C(=O)NCC1(C(=O)O)CC1. The van der Waals surface area contributed by atoms with Crippen LogP contribution >= 0.6 is 0 Å². The summed E-state index contributed by atoms with van der Waals surface area (Å²) in [6.07, 6.45) is 3.19. The number of amides is 1. The van der Waals surface area contributed by atoms with Crippen molar-refractivity contribution in [2.75, 3.05) is 6.54 Å². The number of aliphatic carboxylic acids is 1. The van der Waals surface area contributed by atoms with Crippen LogP contribution in [0.1, 0.15) is 39.5 Å². The van der Waals surface area contributed by atoms with Gasteiger partial charge in [-0.05, 0) is 19.3 Å². The van der Waals surface area contributed by atoms with Crippen molar-refractivity contribution >= 4 is 11.9 Å². The monoisotopic (exact) mass is 213 g/mol. The standard InChI is InChI=1S/C11H19NO3/c1-3-4-8(2)9(13)12-7-11(5-6-11)10(14)15/h8H,3-7H2,1-2H3,(H,12,13)(H,14,15). The zero-order chi connectivity index (χ0) is 11.5. The van der Waals surface area contributed by atoms with Gasteiger partial charge in [0.05, 0.1) is 5.41 Å². The fourth-order valence-electron chi connectivity index (χ4n) is 1.61. The lowest BCUT2D eigenvalue weighted by atomic mass is 10.0. The van der Waals surface area contributed by atoms with E-state index in [-0.39, 0.29) is 18.4 Å². The van der Waals surface area contributed by atoms with Gasteiger partial charge in [-0.1, -0.05) is 20.3 Å². The second-order valence-electron chi connectivity index (χ2n) is 4.49. The van der Waals surface area contributed by atoms with E-state index in [9.17, 15) is 9.59 Å². The molecule has 1 aliphatic rings. The van der Waals surface area contributed by atoms with Crippen LogP contribution in [0.25, 0.3) is 0 Å². The predicted molar refractivity (Wildman–Crippen MR) is 56.4 cm³/mol. The van der Waals surface area contributed by atoms with Crippen molar-refractivity contribution in [3.63, 3.8) is 0 Å². The smallest absolute Gasteiger partial charge is 0.311 e. The van der Waals surface area contributed by atoms with Crippen molar-refractivity contribution in [1.82, 2.24) is 5.32 Å². The lowest BCUT2D eigenvalue weighted by molar-refractivity contribution is -0.143. The highest BCUT2D eigenvalue weighted by Gasteiger charge is 2.50. The van der Waals surface area contributed by atoms with E-state index >= 15 is 0 Å². The largest absolute Gasteiger partial charge is 0.481 e. The quantitative estimate of drug-likeness (QED) is 0.701. The van der Waals surface area contributed by atoms with E-state index in [0.717, 1.165) is 12.8 Å². The molecule has 0 heterocycles. The van der Waals surface area contributed by atoms with Gasteiger partial charge >= 0.3 is 5.97 Å². The third kappa shape index (κ3) is 2.94. The summed E-state index contributed by atoms with van der Waals surface area (Å²) in [7, 11) is 0. The number of carbonyl (C=O) groups excluding carboxylic acids is 1. The molecule has 15 heavy (non-hydrogen) atoms. The molecule has 0 bridgehead atoms. The van der Waals surface area contributed by atoms with Gasteiger partial charge < -0.3 is 10.4 Å². The molecule has 1 fully saturated rings. The summed E-state index contributed by atoms with van der Waals surface area (Å²) < 4.78 is 0. The van der Waals surface area contributed by atoms with Crippen LogP contribution in [0.4, 0.5) is 0 Å². The molecule has 4 heteroatoms. The molecule has 0 spiro atoms. The summed E-state index contributed by atoms with van der Waals surface area (Å²) in [4.78, 5) is 22.4. The molecule has 1 unspecified atom stereocenters. The van der Waals surface area contributed by atoms with Crippen LogP contribution in [-0.2, 0) is 9.59 Å². The molecule has 0 aromatic rings. The lowest BCUT2D eigenvalue weighted by Crippen LogP contribution is -2.37. The van der Waals surface area contributed by atoms with Gasteiger partial charge in [-0.2, -0.15) is 0 Å². The Morgan fingerprint density at radius 3 is 2.47 bits per heavy atom. The summed E-state index contributed by atoms with van der Waals surface area (Å²) in [5.41, 5.74) is -0.651. The van der Waals surface area contributed by atoms with Crippen molar-refractivity contribution in [3.8, 4) is 0 Å². The molecule has 0 saturated heterocycles. The van der Waals surface area contributed by atoms with Crippen molar-refractivity contribution < 1.29 is 14.7 Å². The zero-order valence-corrected chi connectivity index (χ0v) is 9.38. The van der Waals surface area contributed by atoms with Crippen LogP contribution < -0.4 is 5.32 Å². The van der Waals surface area contributed by atoms with Crippen molar-refractivity contribution in [3.05, 3.63) is 0 Å². The Labute approximate surface area is 90.0 Å². The van der Waals surface area contributed by atoms with Gasteiger partial charge in [0, 0.05) is 12.5 Å². The van der Waals surface area contributed by atoms with E-state index in [2.05, 4.69) is 5.32 Å². The number of rotatable bonds is 6. The summed E-state index contributed by atoms with van der Waals surface area (Å²) in [5.74, 6) is -0.824. The Morgan fingerprint density at radius 2 is 2.07 bits per heavy atom. The average molecular weight is 213 g/mol. The molecule has 1 rings (SSSR count). The minimum atomic E-state index is -0.786. The normalized spacial score (nSPS) is 19.3. The third-order valence-electron chi connectivity index (χ3n) is 3.08. The second kappa shape index (κ2) is 4.64. The number of nitrogens with one attached hydrogen (secondary N) is 1. The van der Waals surface area contributed by atoms with E-state index in [0.29, 0.717) is 12.8 Å². The predicted octanol–water partition coefficient (Wildman–Crippen LogP) is 1.40. The molecule has 0 radical (unpaired) electrons. The first-order valence-electron chi connectivity index (χ1n) is 5.53. The van der Waals surface area contributed by atoms with Crippen molar-refractivity contribution in [2.45, 2.75) is 39.5 Å². The Balaban J connectivity index is 2.31. The number of carboxylic acids is 1. The molecule has 2 N–H and O–H groups in total. The van der Waals surface area contributed by atoms with Crippen LogP contribution in [0.2, 0.25) is 0 Å². The number of hydrogen-bond acceptors (Lipinski definition) is 2. The van der Waals surface area contributed by atoms with Crippen LogP contribution in [0.3, 0.4) is 0 Å². The zero-order valence-electron chi connectivity index (χ0n) is 9.38. The van der Waals surface area contributed by atoms with Gasteiger partial charge in [-0.3, -0.25) is 9.59 Å². The molecule has 1 saturated carbocycles. The van der Waals surface area contributed by atoms with Gasteiger partial charge in [-0.25, -0.2) is 0 Å². The molecule has 0 aliphatic heterocycles. The maximum atomic E-state index is 11.5. The van der Waals surface area contributed by atoms with Crippen molar-refractivity contribution in [2.24, 2.45) is 11.3 Å². The number of carboxylic acid groups (broad SMARTS) is 1. The molecular formula is C11H19NO3. The minimum absolute atomic E-state index is 0.0143. The first kappa shape index (κ1) is 12.0. The summed E-state index contributed by atoms with van der Waals surface area (Å²) in [6.45, 7) is 4.19. The van der Waals surface area contributed by atoms with Gasteiger partial charge in [-0.15, -0.1) is 0 Å². The summed E-state index contributed by atoms with van der Waals surface area (Å²) >= 11 is 0. The van der Waals surface area contributed by atoms with E-state index < -0.39 is 11.4 Å². The van der Waals surface area contributed by atoms with E-state index in [1.165, 1.54) is 0 Å². The van der Waals surface area contributed by atoms with Crippen molar-refractivity contribution in [1.29, 1.82) is 0 Å². The molecule has 1 amide bonds. The molecular weight excluding hydrogens is 194 g/mol. The molecule has 4 nitrogen and oxygen atoms in total. The second-order valence-corrected chi connectivity index (χ2v) is 4.49. The van der Waals surface area contributed by atoms with E-state index in [1.807, 2.05) is 13.8 Å². The Kier molecular flexibility index (Phi) is 3.72. The van der Waals surface area contributed by atoms with E-state index in [4.69, 9.17) is 5.11 Å². The fourth-order valence-corrected chi connectivity index (χ4v) is 1.61. The first-order chi connectivity index (χ1) is 7.02. The van der Waals surface area contributed by atoms with Crippen LogP contribution in [0, 0.1) is 11.3 Å². The number of carbonyl (C=O) groups is 2. The molecule has 0 aromatic heterocycles. The van der Waals surface area contributed by atoms with Crippen LogP contribution in [-0.4, -0.2) is 23.5 Å². The average Bonchev–Trinajstić information content (AvgIpc) is 2.95. The maximum absolute atomic E-state index is 11.5. The molecule has 1 atom stereocenters. The topological polar surface area (TPSA) is 66.4 Å². The Hall–Kier alpha value is -1.06. The summed E-state index contributed by atoms with van der Waals surface area (Å²) in [5, 5.41) is 11.6. The van der Waals surface area contributed by atoms with E-state index in [1.54, 1.807) is 0 Å². The fraction of sp³-hybridized carbons (Fsp3) is 0.818. The molecule has 1 aliphatic carbocycles. The maximum Gasteiger partial charge on any atom is 0.311 e. The molecule has 0 aromatic carbocycles. The highest BCUT2D eigenvalue weighted by Crippen LogP contribution is 2.45. The Morgan fingerprint density at radius 1 is 1.47 bits per heavy atom. The highest BCUT2D eigenvalue weighted by molar-refractivity contribution is 5.81. The highest BCUT2D eigenvalue weighted by atomic mass is 16.4. The Bertz CT molecular complexity index is 259. The van der Waals surface area contributed by atoms with Gasteiger partial charge in [0.15, 0.2) is 0 Å². The number of hydrogen-bond donors (Lipinski definition) is 2. The minimum Gasteiger partial charge on any atom is -0.481 e. The lowest BCUT2D eigenvalue weighted by Gasteiger charge is -2.14. The van der Waals surface area contributed by atoms with Crippen LogP contribution in [0.15, 0.2) is 0 Å². The molecule has 86 valence electrons. The first-order valence-corrected chi connectivity index (χ1v) is 5.53. The summed E-state index contributed by atoms with van der Waals surface area (Å²) in [6, 6.07) is 0. The van der Waals surface area contributed by atoms with Gasteiger partial charge in [0.2, 0.25) is 5.91 Å². The van der Waals surface area contributed by atoms with Crippen LogP contribution in [0.5, 0.6) is 0 Å².